The van der Waals surface area contributed by atoms with Crippen LogP contribution in [0.5, 0.6) is 0 Å². The number of H-pyrrole nitrogens is 1. The highest BCUT2D eigenvalue weighted by Gasteiger charge is 2.11. The van der Waals surface area contributed by atoms with Crippen molar-refractivity contribution < 1.29 is 4.39 Å². The zero-order chi connectivity index (χ0) is 15.0. The van der Waals surface area contributed by atoms with E-state index >= 15 is 0 Å². The highest BCUT2D eigenvalue weighted by molar-refractivity contribution is 7.71. The predicted molar refractivity (Wildman–Crippen MR) is 84.8 cm³/mol. The van der Waals surface area contributed by atoms with E-state index in [1.807, 2.05) is 16.7 Å². The Kier molecular flexibility index (Phi) is 3.78. The Bertz CT molecular complexity index is 869. The van der Waals surface area contributed by atoms with Gasteiger partial charge in [0.05, 0.1) is 28.3 Å². The minimum absolute atomic E-state index is 0.0815. The smallest absolute Gasteiger partial charge is 0.178 e. The van der Waals surface area contributed by atoms with Gasteiger partial charge in [-0.3, -0.25) is 4.98 Å². The Labute approximate surface area is 131 Å². The van der Waals surface area contributed by atoms with Crippen LogP contribution in [-0.2, 0) is 13.0 Å². The Morgan fingerprint density at radius 1 is 1.43 bits per heavy atom. The zero-order valence-corrected chi connectivity index (χ0v) is 12.9. The van der Waals surface area contributed by atoms with Crippen molar-refractivity contribution in [2.75, 3.05) is 0 Å². The van der Waals surface area contributed by atoms with E-state index < -0.39 is 5.82 Å². The third kappa shape index (κ3) is 2.59. The fourth-order valence-electron chi connectivity index (χ4n) is 2.39. The molecule has 0 aliphatic carbocycles. The molecule has 21 heavy (non-hydrogen) atoms. The summed E-state index contributed by atoms with van der Waals surface area (Å²) in [6.07, 6.45) is 2.64. The summed E-state index contributed by atoms with van der Waals surface area (Å²) in [5.41, 5.74) is 3.51. The molecule has 0 amide bonds. The van der Waals surface area contributed by atoms with E-state index in [2.05, 4.69) is 16.9 Å². The number of aromatic amines is 1. The second-order valence-corrected chi connectivity index (χ2v) is 5.56. The van der Waals surface area contributed by atoms with E-state index in [4.69, 9.17) is 23.8 Å². The van der Waals surface area contributed by atoms with Gasteiger partial charge in [-0.05, 0) is 36.3 Å². The molecular weight excluding hydrogens is 309 g/mol. The number of benzene rings is 1. The summed E-state index contributed by atoms with van der Waals surface area (Å²) in [7, 11) is 0. The van der Waals surface area contributed by atoms with Gasteiger partial charge in [0.2, 0.25) is 0 Å². The molecule has 0 aliphatic heterocycles. The number of aromatic nitrogens is 3. The summed E-state index contributed by atoms with van der Waals surface area (Å²) in [5, 5.41) is 0.0815. The summed E-state index contributed by atoms with van der Waals surface area (Å²) >= 11 is 11.1. The lowest BCUT2D eigenvalue weighted by atomic mass is 10.1. The van der Waals surface area contributed by atoms with Crippen LogP contribution in [0.1, 0.15) is 18.2 Å². The van der Waals surface area contributed by atoms with E-state index in [1.165, 1.54) is 6.07 Å². The number of fused-ring (bicyclic) bond motifs is 1. The second-order valence-electron chi connectivity index (χ2n) is 4.76. The molecule has 0 fully saturated rings. The van der Waals surface area contributed by atoms with Gasteiger partial charge in [-0.1, -0.05) is 24.6 Å². The molecule has 108 valence electrons. The maximum atomic E-state index is 13.7. The van der Waals surface area contributed by atoms with Crippen molar-refractivity contribution in [2.24, 2.45) is 0 Å². The summed E-state index contributed by atoms with van der Waals surface area (Å²) < 4.78 is 16.1. The van der Waals surface area contributed by atoms with Crippen molar-refractivity contribution in [1.29, 1.82) is 0 Å². The number of hydrogen-bond acceptors (Lipinski definition) is 2. The highest BCUT2D eigenvalue weighted by atomic mass is 35.5. The number of halogens is 2. The predicted octanol–water partition coefficient (Wildman–Crippen LogP) is 4.50. The normalized spacial score (nSPS) is 11.2. The zero-order valence-electron chi connectivity index (χ0n) is 11.4. The van der Waals surface area contributed by atoms with Crippen LogP contribution in [0.2, 0.25) is 5.02 Å². The Morgan fingerprint density at radius 3 is 3.00 bits per heavy atom. The molecule has 0 atom stereocenters. The van der Waals surface area contributed by atoms with Crippen molar-refractivity contribution in [3.05, 3.63) is 57.3 Å². The van der Waals surface area contributed by atoms with E-state index in [9.17, 15) is 4.39 Å². The van der Waals surface area contributed by atoms with Crippen molar-refractivity contribution >= 4 is 34.9 Å². The lowest BCUT2D eigenvalue weighted by Gasteiger charge is -2.08. The van der Waals surface area contributed by atoms with Crippen LogP contribution in [0, 0.1) is 10.6 Å². The minimum Gasteiger partial charge on any atom is -0.331 e. The highest BCUT2D eigenvalue weighted by Crippen LogP contribution is 2.23. The first kappa shape index (κ1) is 14.2. The number of aryl methyl sites for hydroxylation is 1. The topological polar surface area (TPSA) is 33.6 Å². The molecule has 2 aromatic heterocycles. The monoisotopic (exact) mass is 321 g/mol. The van der Waals surface area contributed by atoms with Crippen LogP contribution in [0.4, 0.5) is 4.39 Å². The largest absolute Gasteiger partial charge is 0.331 e. The van der Waals surface area contributed by atoms with Crippen LogP contribution in [0.15, 0.2) is 30.5 Å². The van der Waals surface area contributed by atoms with E-state index in [1.54, 1.807) is 12.3 Å². The number of rotatable bonds is 3. The lowest BCUT2D eigenvalue weighted by Crippen LogP contribution is -2.05. The van der Waals surface area contributed by atoms with Gasteiger partial charge in [0.25, 0.3) is 0 Å². The Morgan fingerprint density at radius 2 is 2.24 bits per heavy atom. The molecule has 6 heteroatoms. The lowest BCUT2D eigenvalue weighted by molar-refractivity contribution is 0.628. The third-order valence-electron chi connectivity index (χ3n) is 3.49. The molecule has 1 aromatic carbocycles. The number of hydrogen-bond donors (Lipinski definition) is 1. The molecule has 0 bridgehead atoms. The SMILES string of the molecule is CCc1cccnc1Cn1c(=S)[nH]c2cc(Cl)c(F)cc21. The molecule has 1 N–H and O–H groups in total. The fraction of sp³-hybridized carbons (Fsp3) is 0.200. The average molecular weight is 322 g/mol. The molecule has 2 heterocycles. The first-order chi connectivity index (χ1) is 10.1. The van der Waals surface area contributed by atoms with Crippen molar-refractivity contribution in [3.63, 3.8) is 0 Å². The first-order valence-electron chi connectivity index (χ1n) is 6.60. The van der Waals surface area contributed by atoms with Crippen LogP contribution < -0.4 is 0 Å². The van der Waals surface area contributed by atoms with E-state index in [0.29, 0.717) is 16.8 Å². The quantitative estimate of drug-likeness (QED) is 0.721. The van der Waals surface area contributed by atoms with Gasteiger partial charge in [0.15, 0.2) is 4.77 Å². The standard InChI is InChI=1S/C15H13ClFN3S/c1-2-9-4-3-5-18-13(9)8-20-14-7-11(17)10(16)6-12(14)19-15(20)21/h3-7H,2,8H2,1H3,(H,19,21). The van der Waals surface area contributed by atoms with Crippen molar-refractivity contribution in [2.45, 2.75) is 19.9 Å². The van der Waals surface area contributed by atoms with Gasteiger partial charge >= 0.3 is 0 Å². The summed E-state index contributed by atoms with van der Waals surface area (Å²) in [4.78, 5) is 7.46. The number of pyridine rings is 1. The number of nitrogens with zero attached hydrogens (tertiary/aromatic N) is 2. The van der Waals surface area contributed by atoms with Crippen molar-refractivity contribution in [3.8, 4) is 0 Å². The maximum Gasteiger partial charge on any atom is 0.178 e. The second kappa shape index (κ2) is 5.58. The summed E-state index contributed by atoms with van der Waals surface area (Å²) in [6.45, 7) is 2.58. The third-order valence-corrected chi connectivity index (χ3v) is 4.10. The van der Waals surface area contributed by atoms with Gasteiger partial charge in [-0.25, -0.2) is 4.39 Å². The van der Waals surface area contributed by atoms with E-state index in [0.717, 1.165) is 23.2 Å². The Balaban J connectivity index is 2.14. The van der Waals surface area contributed by atoms with Gasteiger partial charge in [-0.15, -0.1) is 0 Å². The van der Waals surface area contributed by atoms with Crippen LogP contribution >= 0.6 is 23.8 Å². The van der Waals surface area contributed by atoms with Gasteiger partial charge in [-0.2, -0.15) is 0 Å². The number of imidazole rings is 1. The molecule has 3 rings (SSSR count). The Hall–Kier alpha value is -1.72. The molecule has 0 saturated heterocycles. The molecule has 0 saturated carbocycles. The molecule has 3 aromatic rings. The fourth-order valence-corrected chi connectivity index (χ4v) is 2.83. The molecule has 3 nitrogen and oxygen atoms in total. The van der Waals surface area contributed by atoms with Gasteiger partial charge in [0, 0.05) is 12.3 Å². The molecule has 0 spiro atoms. The molecule has 0 unspecified atom stereocenters. The number of nitrogens with one attached hydrogen (secondary N) is 1. The average Bonchev–Trinajstić information content (AvgIpc) is 2.76. The van der Waals surface area contributed by atoms with Gasteiger partial charge < -0.3 is 9.55 Å². The van der Waals surface area contributed by atoms with Crippen LogP contribution in [-0.4, -0.2) is 14.5 Å². The van der Waals surface area contributed by atoms with Crippen LogP contribution in [0.3, 0.4) is 0 Å². The molecule has 0 radical (unpaired) electrons. The summed E-state index contributed by atoms with van der Waals surface area (Å²) in [5.74, 6) is -0.455. The summed E-state index contributed by atoms with van der Waals surface area (Å²) in [6, 6.07) is 6.91. The molecular formula is C15H13ClFN3S. The van der Waals surface area contributed by atoms with Crippen molar-refractivity contribution in [1.82, 2.24) is 14.5 Å². The van der Waals surface area contributed by atoms with E-state index in [-0.39, 0.29) is 5.02 Å². The molecule has 0 aliphatic rings. The maximum absolute atomic E-state index is 13.7. The van der Waals surface area contributed by atoms with Crippen LogP contribution in [0.25, 0.3) is 11.0 Å². The first-order valence-corrected chi connectivity index (χ1v) is 7.39. The minimum atomic E-state index is -0.455. The van der Waals surface area contributed by atoms with Gasteiger partial charge in [0.1, 0.15) is 5.82 Å².